The minimum Gasteiger partial charge on any atom is -0.405 e. The van der Waals surface area contributed by atoms with E-state index in [0.29, 0.717) is 19.0 Å². The second kappa shape index (κ2) is 11.6. The minimum atomic E-state index is -4.84. The van der Waals surface area contributed by atoms with Crippen LogP contribution in [0.15, 0.2) is 45.7 Å². The van der Waals surface area contributed by atoms with E-state index >= 15 is 0 Å². The van der Waals surface area contributed by atoms with E-state index in [1.54, 1.807) is 6.07 Å². The fourth-order valence-electron chi connectivity index (χ4n) is 5.08. The summed E-state index contributed by atoms with van der Waals surface area (Å²) in [4.78, 5) is 15.5. The summed E-state index contributed by atoms with van der Waals surface area (Å²) in [5.74, 6) is 0.678. The van der Waals surface area contributed by atoms with Crippen LogP contribution in [0.1, 0.15) is 54.7 Å². The van der Waals surface area contributed by atoms with Gasteiger partial charge in [-0.1, -0.05) is 23.4 Å². The fourth-order valence-corrected chi connectivity index (χ4v) is 5.08. The number of hydrogen-bond acceptors (Lipinski definition) is 8. The maximum absolute atomic E-state index is 12.7. The topological polar surface area (TPSA) is 153 Å². The molecular weight excluding hydrogens is 519 g/mol. The van der Waals surface area contributed by atoms with Crippen LogP contribution >= 0.6 is 0 Å². The predicted octanol–water partition coefficient (Wildman–Crippen LogP) is 3.75. The van der Waals surface area contributed by atoms with E-state index in [9.17, 15) is 23.3 Å². The molecular formula is C25H32F3N7O4. The summed E-state index contributed by atoms with van der Waals surface area (Å²) in [6.45, 7) is 4.29. The fraction of sp³-hybridized carbons (Fsp3) is 0.520. The zero-order chi connectivity index (χ0) is 28.2. The van der Waals surface area contributed by atoms with E-state index in [4.69, 9.17) is 10.3 Å². The second-order valence-corrected chi connectivity index (χ2v) is 9.95. The summed E-state index contributed by atoms with van der Waals surface area (Å²) in [6.07, 6.45) is 0.0614. The van der Waals surface area contributed by atoms with Crippen molar-refractivity contribution in [3.05, 3.63) is 68.9 Å². The summed E-state index contributed by atoms with van der Waals surface area (Å²) >= 11 is 0. The highest BCUT2D eigenvalue weighted by atomic mass is 19.4. The molecule has 0 saturated heterocycles. The molecule has 1 aromatic heterocycles. The van der Waals surface area contributed by atoms with Gasteiger partial charge < -0.3 is 25.2 Å². The molecule has 1 aliphatic heterocycles. The molecule has 2 heterocycles. The van der Waals surface area contributed by atoms with Crippen LogP contribution in [0.4, 0.5) is 13.2 Å². The number of para-hydroxylation sites is 1. The Hall–Kier alpha value is -3.65. The van der Waals surface area contributed by atoms with Gasteiger partial charge in [0.2, 0.25) is 0 Å². The number of halogens is 3. The Labute approximate surface area is 223 Å². The standard InChI is InChI=1S/C25H32F3N7O4/c1-15-20(16(2)39-34-15)13-30-19-9-7-17(8-10-19)11-24(29)22(35(36)37)14-32-23(33-24)31-12-18-5-3-4-6-21(18)38-25(26,27)28/h3-6,14,17,19,30H,7-13,29H2,1-2H3,(H2,31,32,33). The Kier molecular flexibility index (Phi) is 8.45. The normalized spacial score (nSPS) is 24.6. The van der Waals surface area contributed by atoms with Crippen molar-refractivity contribution in [1.29, 1.82) is 0 Å². The van der Waals surface area contributed by atoms with Crippen LogP contribution in [0.25, 0.3) is 0 Å². The van der Waals surface area contributed by atoms with Crippen LogP contribution in [-0.4, -0.2) is 34.1 Å². The molecule has 14 heteroatoms. The average molecular weight is 552 g/mol. The van der Waals surface area contributed by atoms with Crippen molar-refractivity contribution in [2.75, 3.05) is 0 Å². The van der Waals surface area contributed by atoms with E-state index < -0.39 is 16.9 Å². The molecule has 2 aliphatic rings. The quantitative estimate of drug-likeness (QED) is 0.270. The van der Waals surface area contributed by atoms with Crippen molar-refractivity contribution in [2.45, 2.75) is 77.1 Å². The first kappa shape index (κ1) is 28.4. The molecule has 1 saturated carbocycles. The van der Waals surface area contributed by atoms with Gasteiger partial charge in [-0.05, 0) is 57.9 Å². The number of aromatic nitrogens is 1. The molecule has 0 radical (unpaired) electrons. The lowest BCUT2D eigenvalue weighted by Crippen LogP contribution is -2.64. The van der Waals surface area contributed by atoms with Crippen molar-refractivity contribution >= 4 is 5.96 Å². The summed E-state index contributed by atoms with van der Waals surface area (Å²) in [7, 11) is 0. The lowest BCUT2D eigenvalue weighted by Gasteiger charge is -2.37. The van der Waals surface area contributed by atoms with Crippen molar-refractivity contribution in [3.63, 3.8) is 0 Å². The molecule has 1 unspecified atom stereocenters. The van der Waals surface area contributed by atoms with Gasteiger partial charge in [-0.2, -0.15) is 0 Å². The average Bonchev–Trinajstić information content (AvgIpc) is 3.18. The predicted molar refractivity (Wildman–Crippen MR) is 136 cm³/mol. The van der Waals surface area contributed by atoms with Gasteiger partial charge >= 0.3 is 12.1 Å². The molecule has 2 aromatic rings. The third-order valence-electron chi connectivity index (χ3n) is 7.15. The molecule has 0 amide bonds. The van der Waals surface area contributed by atoms with Gasteiger partial charge in [0.15, 0.2) is 11.6 Å². The molecule has 4 rings (SSSR count). The number of aliphatic imine (C=N–C) groups is 1. The molecule has 1 aromatic carbocycles. The number of aryl methyl sites for hydroxylation is 2. The Bertz CT molecular complexity index is 1220. The number of hydrogen-bond donors (Lipinski definition) is 4. The largest absolute Gasteiger partial charge is 0.573 e. The molecule has 1 aliphatic carbocycles. The van der Waals surface area contributed by atoms with Crippen molar-refractivity contribution < 1.29 is 27.4 Å². The number of alkyl halides is 3. The molecule has 0 bridgehead atoms. The third-order valence-corrected chi connectivity index (χ3v) is 7.15. The Morgan fingerprint density at radius 2 is 2.00 bits per heavy atom. The van der Waals surface area contributed by atoms with Gasteiger partial charge in [0.05, 0.1) is 23.4 Å². The van der Waals surface area contributed by atoms with Gasteiger partial charge in [0, 0.05) is 23.7 Å². The molecule has 5 N–H and O–H groups in total. The lowest BCUT2D eigenvalue weighted by molar-refractivity contribution is -0.437. The number of nitrogens with zero attached hydrogens (tertiary/aromatic N) is 3. The van der Waals surface area contributed by atoms with Crippen LogP contribution in [-0.2, 0) is 13.1 Å². The van der Waals surface area contributed by atoms with Crippen LogP contribution in [0.2, 0.25) is 0 Å². The second-order valence-electron chi connectivity index (χ2n) is 9.95. The first-order chi connectivity index (χ1) is 18.4. The minimum absolute atomic E-state index is 0.125. The van der Waals surface area contributed by atoms with Crippen LogP contribution in [0, 0.1) is 29.9 Å². The number of nitrogens with one attached hydrogen (secondary N) is 3. The zero-order valence-corrected chi connectivity index (χ0v) is 21.7. The zero-order valence-electron chi connectivity index (χ0n) is 21.7. The van der Waals surface area contributed by atoms with E-state index in [1.165, 1.54) is 24.4 Å². The SMILES string of the molecule is Cc1noc(C)c1CNC1CCC(CC2(N)NC(=NCc3ccccc3OC(F)(F)F)NC=C2[N+](=O)[O-])CC1. The molecule has 1 atom stereocenters. The van der Waals surface area contributed by atoms with Gasteiger partial charge in [0.1, 0.15) is 11.5 Å². The molecule has 0 spiro atoms. The summed E-state index contributed by atoms with van der Waals surface area (Å²) < 4.78 is 47.5. The Morgan fingerprint density at radius 3 is 2.64 bits per heavy atom. The van der Waals surface area contributed by atoms with Crippen molar-refractivity contribution in [3.8, 4) is 5.75 Å². The summed E-state index contributed by atoms with van der Waals surface area (Å²) in [6, 6.07) is 5.94. The van der Waals surface area contributed by atoms with E-state index in [0.717, 1.165) is 42.7 Å². The number of benzene rings is 1. The van der Waals surface area contributed by atoms with Gasteiger partial charge in [-0.3, -0.25) is 15.8 Å². The number of nitro groups is 1. The van der Waals surface area contributed by atoms with Gasteiger partial charge in [-0.25, -0.2) is 4.99 Å². The van der Waals surface area contributed by atoms with Crippen LogP contribution in [0.5, 0.6) is 5.75 Å². The first-order valence-corrected chi connectivity index (χ1v) is 12.7. The highest BCUT2D eigenvalue weighted by Crippen LogP contribution is 2.33. The number of guanidine groups is 1. The van der Waals surface area contributed by atoms with Crippen molar-refractivity contribution in [2.24, 2.45) is 16.6 Å². The molecule has 39 heavy (non-hydrogen) atoms. The lowest BCUT2D eigenvalue weighted by atomic mass is 9.79. The van der Waals surface area contributed by atoms with Crippen LogP contribution < -0.4 is 26.4 Å². The number of ether oxygens (including phenoxy) is 1. The molecule has 212 valence electrons. The van der Waals surface area contributed by atoms with E-state index in [-0.39, 0.29) is 35.4 Å². The monoisotopic (exact) mass is 551 g/mol. The highest BCUT2D eigenvalue weighted by molar-refractivity contribution is 5.83. The maximum atomic E-state index is 12.7. The Balaban J connectivity index is 1.38. The van der Waals surface area contributed by atoms with E-state index in [2.05, 4.69) is 30.8 Å². The Morgan fingerprint density at radius 1 is 1.28 bits per heavy atom. The third kappa shape index (κ3) is 7.26. The molecule has 11 nitrogen and oxygen atoms in total. The van der Waals surface area contributed by atoms with Gasteiger partial charge in [-0.15, -0.1) is 13.2 Å². The summed E-state index contributed by atoms with van der Waals surface area (Å²) in [5.41, 5.74) is 6.92. The highest BCUT2D eigenvalue weighted by Gasteiger charge is 2.44. The smallest absolute Gasteiger partial charge is 0.405 e. The molecule has 1 fully saturated rings. The van der Waals surface area contributed by atoms with E-state index in [1.807, 2.05) is 13.8 Å². The number of rotatable bonds is 9. The summed E-state index contributed by atoms with van der Waals surface area (Å²) in [5, 5.41) is 24.9. The maximum Gasteiger partial charge on any atom is 0.573 e. The van der Waals surface area contributed by atoms with Gasteiger partial charge in [0.25, 0.3) is 0 Å². The number of nitrogens with two attached hydrogens (primary N) is 1. The van der Waals surface area contributed by atoms with Crippen LogP contribution in [0.3, 0.4) is 0 Å². The van der Waals surface area contributed by atoms with Crippen molar-refractivity contribution in [1.82, 2.24) is 21.1 Å². The first-order valence-electron chi connectivity index (χ1n) is 12.7.